The van der Waals surface area contributed by atoms with E-state index < -0.39 is 29.1 Å². The van der Waals surface area contributed by atoms with Crippen LogP contribution in [0.5, 0.6) is 0 Å². The quantitative estimate of drug-likeness (QED) is 0.630. The summed E-state index contributed by atoms with van der Waals surface area (Å²) in [6.07, 6.45) is -0.655. The molecule has 0 aliphatic heterocycles. The number of methoxy groups -OCH3 is 1. The average molecular weight is 271 g/mol. The number of hydrogen-bond donors (Lipinski definition) is 1. The summed E-state index contributed by atoms with van der Waals surface area (Å²) in [7, 11) is 1.28. The number of amides is 1. The van der Waals surface area contributed by atoms with E-state index in [1.807, 2.05) is 13.8 Å². The van der Waals surface area contributed by atoms with Gasteiger partial charge in [0.1, 0.15) is 11.6 Å². The van der Waals surface area contributed by atoms with Crippen LogP contribution in [0.25, 0.3) is 0 Å². The molecule has 1 atom stereocenters. The Hall–Kier alpha value is -1.52. The van der Waals surface area contributed by atoms with Gasteiger partial charge in [0.15, 0.2) is 0 Å². The molecule has 0 saturated heterocycles. The lowest BCUT2D eigenvalue weighted by molar-refractivity contribution is -0.145. The molecule has 1 amide bonds. The molecule has 0 heterocycles. The van der Waals surface area contributed by atoms with Crippen molar-refractivity contribution in [2.45, 2.75) is 53.2 Å². The first kappa shape index (κ1) is 17.5. The number of hydrogen-bond acceptors (Lipinski definition) is 4. The second kappa shape index (κ2) is 6.08. The maximum absolute atomic E-state index is 11.8. The van der Waals surface area contributed by atoms with Crippen LogP contribution in [-0.2, 0) is 14.3 Å². The zero-order chi connectivity index (χ0) is 15.4. The predicted octanol–water partition coefficient (Wildman–Crippen LogP) is 2.66. The van der Waals surface area contributed by atoms with Crippen LogP contribution in [0.4, 0.5) is 4.79 Å². The Labute approximate surface area is 115 Å². The normalized spacial score (nSPS) is 13.4. The van der Waals surface area contributed by atoms with Gasteiger partial charge in [0.25, 0.3) is 0 Å². The average Bonchev–Trinajstić information content (AvgIpc) is 2.21. The van der Waals surface area contributed by atoms with Crippen molar-refractivity contribution in [2.24, 2.45) is 5.41 Å². The summed E-state index contributed by atoms with van der Waals surface area (Å²) in [6, 6.07) is -0.843. The summed E-state index contributed by atoms with van der Waals surface area (Å²) in [6.45, 7) is 14.5. The van der Waals surface area contributed by atoms with Gasteiger partial charge in [0, 0.05) is 5.41 Å². The molecule has 0 rings (SSSR count). The first-order chi connectivity index (χ1) is 8.41. The lowest BCUT2D eigenvalue weighted by Crippen LogP contribution is -2.52. The van der Waals surface area contributed by atoms with Gasteiger partial charge >= 0.3 is 12.1 Å². The molecule has 0 bridgehead atoms. The highest BCUT2D eigenvalue weighted by Gasteiger charge is 2.38. The third kappa shape index (κ3) is 5.32. The Balaban J connectivity index is 5.06. The van der Waals surface area contributed by atoms with E-state index in [2.05, 4.69) is 11.9 Å². The maximum Gasteiger partial charge on any atom is 0.408 e. The second-order valence-corrected chi connectivity index (χ2v) is 6.10. The molecular weight excluding hydrogens is 246 g/mol. The van der Waals surface area contributed by atoms with Crippen molar-refractivity contribution in [3.05, 3.63) is 12.2 Å². The highest BCUT2D eigenvalue weighted by molar-refractivity contribution is 5.82. The lowest BCUT2D eigenvalue weighted by atomic mass is 9.78. The van der Waals surface area contributed by atoms with Gasteiger partial charge < -0.3 is 14.8 Å². The molecule has 1 N–H and O–H groups in total. The van der Waals surface area contributed by atoms with Gasteiger partial charge in [-0.15, -0.1) is 0 Å². The molecule has 5 heteroatoms. The largest absolute Gasteiger partial charge is 0.467 e. The Morgan fingerprint density at radius 3 is 1.95 bits per heavy atom. The van der Waals surface area contributed by atoms with Gasteiger partial charge in [-0.2, -0.15) is 0 Å². The minimum Gasteiger partial charge on any atom is -0.467 e. The van der Waals surface area contributed by atoms with Gasteiger partial charge in [0.05, 0.1) is 7.11 Å². The predicted molar refractivity (Wildman–Crippen MR) is 73.8 cm³/mol. The molecule has 0 saturated carbocycles. The number of esters is 1. The van der Waals surface area contributed by atoms with Crippen LogP contribution in [0.1, 0.15) is 41.5 Å². The number of carbonyl (C=O) groups excluding carboxylic acids is 2. The molecular formula is C14H25NO4. The van der Waals surface area contributed by atoms with Crippen LogP contribution in [0.2, 0.25) is 0 Å². The van der Waals surface area contributed by atoms with E-state index in [0.717, 1.165) is 5.57 Å². The van der Waals surface area contributed by atoms with Crippen molar-refractivity contribution >= 4 is 12.1 Å². The number of ether oxygens (including phenoxy) is 2. The van der Waals surface area contributed by atoms with E-state index in [9.17, 15) is 9.59 Å². The van der Waals surface area contributed by atoms with E-state index in [0.29, 0.717) is 0 Å². The maximum atomic E-state index is 11.8. The van der Waals surface area contributed by atoms with Crippen molar-refractivity contribution < 1.29 is 19.1 Å². The molecule has 0 aromatic carbocycles. The van der Waals surface area contributed by atoms with E-state index in [1.54, 1.807) is 27.7 Å². The SMILES string of the molecule is C=C(C)C(C)(C)[C@H](NC(=O)OC(C)(C)C)C(=O)OC. The fourth-order valence-electron chi connectivity index (χ4n) is 1.32. The zero-order valence-corrected chi connectivity index (χ0v) is 12.9. The molecule has 0 aliphatic carbocycles. The molecule has 19 heavy (non-hydrogen) atoms. The van der Waals surface area contributed by atoms with Gasteiger partial charge in [-0.25, -0.2) is 9.59 Å². The monoisotopic (exact) mass is 271 g/mol. The van der Waals surface area contributed by atoms with E-state index in [4.69, 9.17) is 9.47 Å². The van der Waals surface area contributed by atoms with Crippen LogP contribution in [0.15, 0.2) is 12.2 Å². The zero-order valence-electron chi connectivity index (χ0n) is 12.9. The first-order valence-electron chi connectivity index (χ1n) is 6.15. The Kier molecular flexibility index (Phi) is 5.60. The molecule has 0 aromatic rings. The summed E-state index contributed by atoms with van der Waals surface area (Å²) < 4.78 is 9.88. The van der Waals surface area contributed by atoms with Gasteiger partial charge in [-0.05, 0) is 27.7 Å². The highest BCUT2D eigenvalue weighted by atomic mass is 16.6. The third-order valence-corrected chi connectivity index (χ3v) is 2.92. The number of rotatable bonds is 4. The summed E-state index contributed by atoms with van der Waals surface area (Å²) >= 11 is 0. The number of carbonyl (C=O) groups is 2. The first-order valence-corrected chi connectivity index (χ1v) is 6.15. The third-order valence-electron chi connectivity index (χ3n) is 2.92. The van der Waals surface area contributed by atoms with Crippen molar-refractivity contribution in [3.63, 3.8) is 0 Å². The van der Waals surface area contributed by atoms with Gasteiger partial charge in [0.2, 0.25) is 0 Å². The number of nitrogens with one attached hydrogen (secondary N) is 1. The van der Waals surface area contributed by atoms with Crippen LogP contribution >= 0.6 is 0 Å². The standard InChI is InChI=1S/C14H25NO4/c1-9(2)14(6,7)10(11(16)18-8)15-12(17)19-13(3,4)5/h10H,1H2,2-8H3,(H,15,17)/t10-/m1/s1. The van der Waals surface area contributed by atoms with Crippen LogP contribution in [0, 0.1) is 5.41 Å². The summed E-state index contributed by atoms with van der Waals surface area (Å²) in [5.74, 6) is -0.529. The molecule has 0 radical (unpaired) electrons. The lowest BCUT2D eigenvalue weighted by Gasteiger charge is -2.34. The van der Waals surface area contributed by atoms with Gasteiger partial charge in [-0.1, -0.05) is 26.0 Å². The van der Waals surface area contributed by atoms with Crippen molar-refractivity contribution in [1.82, 2.24) is 5.32 Å². The molecule has 110 valence electrons. The molecule has 0 fully saturated rings. The van der Waals surface area contributed by atoms with Crippen molar-refractivity contribution in [1.29, 1.82) is 0 Å². The minimum absolute atomic E-state index is 0.529. The fraction of sp³-hybridized carbons (Fsp3) is 0.714. The Morgan fingerprint density at radius 1 is 1.16 bits per heavy atom. The minimum atomic E-state index is -0.843. The van der Waals surface area contributed by atoms with Crippen LogP contribution in [-0.4, -0.2) is 30.8 Å². The van der Waals surface area contributed by atoms with Crippen LogP contribution < -0.4 is 5.32 Å². The van der Waals surface area contributed by atoms with E-state index in [1.165, 1.54) is 7.11 Å². The number of alkyl carbamates (subject to hydrolysis) is 1. The molecule has 0 spiro atoms. The Morgan fingerprint density at radius 2 is 1.63 bits per heavy atom. The summed E-state index contributed by atoms with van der Waals surface area (Å²) in [5, 5.41) is 2.55. The fourth-order valence-corrected chi connectivity index (χ4v) is 1.32. The molecule has 0 aliphatic rings. The summed E-state index contributed by atoms with van der Waals surface area (Å²) in [4.78, 5) is 23.6. The summed E-state index contributed by atoms with van der Waals surface area (Å²) in [5.41, 5.74) is -0.499. The second-order valence-electron chi connectivity index (χ2n) is 6.10. The topological polar surface area (TPSA) is 64.6 Å². The van der Waals surface area contributed by atoms with Crippen molar-refractivity contribution in [3.8, 4) is 0 Å². The van der Waals surface area contributed by atoms with Crippen molar-refractivity contribution in [2.75, 3.05) is 7.11 Å². The molecule has 0 aromatic heterocycles. The van der Waals surface area contributed by atoms with E-state index >= 15 is 0 Å². The smallest absolute Gasteiger partial charge is 0.408 e. The van der Waals surface area contributed by atoms with Crippen LogP contribution in [0.3, 0.4) is 0 Å². The Bertz CT molecular complexity index is 366. The van der Waals surface area contributed by atoms with Gasteiger partial charge in [-0.3, -0.25) is 0 Å². The molecule has 5 nitrogen and oxygen atoms in total. The molecule has 0 unspecified atom stereocenters. The highest BCUT2D eigenvalue weighted by Crippen LogP contribution is 2.29. The van der Waals surface area contributed by atoms with E-state index in [-0.39, 0.29) is 0 Å².